The quantitative estimate of drug-likeness (QED) is 0.723. The van der Waals surface area contributed by atoms with E-state index in [0.717, 1.165) is 0 Å². The number of nitrogen functional groups attached to an aromatic ring is 1. The molecule has 4 nitrogen and oxygen atoms in total. The molecule has 1 aromatic carbocycles. The molecule has 3 aromatic rings. The number of nitriles is 1. The lowest BCUT2D eigenvalue weighted by Gasteiger charge is -2.00. The third kappa shape index (κ3) is 1.70. The van der Waals surface area contributed by atoms with Gasteiger partial charge in [-0.25, -0.2) is 9.37 Å². The standard InChI is InChI=1S/C14H9FN4/c15-11-5-4-9(7-10(11)8-16)13-14(17)19-6-2-1-3-12(19)18-13/h1-7H,17H2. The van der Waals surface area contributed by atoms with Crippen molar-refractivity contribution in [3.8, 4) is 17.3 Å². The van der Waals surface area contributed by atoms with Crippen LogP contribution in [0.2, 0.25) is 0 Å². The molecule has 2 heterocycles. The van der Waals surface area contributed by atoms with Crippen LogP contribution in [-0.4, -0.2) is 9.38 Å². The molecule has 5 heteroatoms. The van der Waals surface area contributed by atoms with E-state index in [4.69, 9.17) is 11.0 Å². The third-order valence-electron chi connectivity index (χ3n) is 2.93. The van der Waals surface area contributed by atoms with Gasteiger partial charge in [0.1, 0.15) is 29.0 Å². The van der Waals surface area contributed by atoms with Gasteiger partial charge in [0.15, 0.2) is 0 Å². The van der Waals surface area contributed by atoms with Crippen LogP contribution in [0.25, 0.3) is 16.9 Å². The maximum absolute atomic E-state index is 13.3. The number of benzene rings is 1. The number of hydrogen-bond donors (Lipinski definition) is 1. The average Bonchev–Trinajstić information content (AvgIpc) is 2.77. The molecule has 2 aromatic heterocycles. The van der Waals surface area contributed by atoms with Crippen molar-refractivity contribution in [2.45, 2.75) is 0 Å². The van der Waals surface area contributed by atoms with Crippen LogP contribution in [0.5, 0.6) is 0 Å². The molecule has 3 rings (SSSR count). The van der Waals surface area contributed by atoms with Crippen molar-refractivity contribution in [2.24, 2.45) is 0 Å². The molecule has 0 aliphatic rings. The van der Waals surface area contributed by atoms with Crippen molar-refractivity contribution in [3.05, 3.63) is 54.0 Å². The summed E-state index contributed by atoms with van der Waals surface area (Å²) in [6.07, 6.45) is 1.80. The predicted octanol–water partition coefficient (Wildman–Crippen LogP) is 2.59. The second-order valence-electron chi connectivity index (χ2n) is 4.08. The molecule has 92 valence electrons. The van der Waals surface area contributed by atoms with Gasteiger partial charge in [-0.05, 0) is 30.3 Å². The molecule has 2 N–H and O–H groups in total. The Morgan fingerprint density at radius 1 is 1.26 bits per heavy atom. The molecular weight excluding hydrogens is 243 g/mol. The number of halogens is 1. The van der Waals surface area contributed by atoms with E-state index in [0.29, 0.717) is 22.7 Å². The van der Waals surface area contributed by atoms with Crippen molar-refractivity contribution in [1.82, 2.24) is 9.38 Å². The zero-order valence-corrected chi connectivity index (χ0v) is 9.84. The smallest absolute Gasteiger partial charge is 0.140 e. The van der Waals surface area contributed by atoms with Gasteiger partial charge < -0.3 is 5.73 Å². The Balaban J connectivity index is 2.25. The lowest BCUT2D eigenvalue weighted by atomic mass is 10.1. The minimum Gasteiger partial charge on any atom is -0.383 e. The first kappa shape index (κ1) is 11.2. The van der Waals surface area contributed by atoms with Crippen molar-refractivity contribution < 1.29 is 4.39 Å². The molecule has 0 unspecified atom stereocenters. The molecule has 0 spiro atoms. The van der Waals surface area contributed by atoms with Crippen LogP contribution in [0.1, 0.15) is 5.56 Å². The Labute approximate surface area is 108 Å². The fourth-order valence-corrected chi connectivity index (χ4v) is 1.99. The summed E-state index contributed by atoms with van der Waals surface area (Å²) >= 11 is 0. The molecule has 0 aliphatic heterocycles. The molecule has 0 saturated heterocycles. The number of rotatable bonds is 1. The van der Waals surface area contributed by atoms with E-state index >= 15 is 0 Å². The van der Waals surface area contributed by atoms with Gasteiger partial charge in [-0.1, -0.05) is 6.07 Å². The summed E-state index contributed by atoms with van der Waals surface area (Å²) in [7, 11) is 0. The number of nitrogens with two attached hydrogens (primary N) is 1. The molecule has 0 bridgehead atoms. The Hall–Kier alpha value is -2.87. The Morgan fingerprint density at radius 3 is 2.84 bits per heavy atom. The minimum absolute atomic E-state index is 0.0195. The van der Waals surface area contributed by atoms with Crippen LogP contribution >= 0.6 is 0 Å². The lowest BCUT2D eigenvalue weighted by Crippen LogP contribution is -1.94. The summed E-state index contributed by atoms with van der Waals surface area (Å²) in [5.74, 6) is -0.0836. The third-order valence-corrected chi connectivity index (χ3v) is 2.93. The topological polar surface area (TPSA) is 67.1 Å². The SMILES string of the molecule is N#Cc1cc(-c2nc3ccccn3c2N)ccc1F. The van der Waals surface area contributed by atoms with E-state index in [1.807, 2.05) is 24.3 Å². The molecule has 19 heavy (non-hydrogen) atoms. The first-order valence-electron chi connectivity index (χ1n) is 5.63. The van der Waals surface area contributed by atoms with Gasteiger partial charge in [-0.3, -0.25) is 4.40 Å². The van der Waals surface area contributed by atoms with Gasteiger partial charge in [0.05, 0.1) is 5.56 Å². The first-order chi connectivity index (χ1) is 9.20. The number of anilines is 1. The summed E-state index contributed by atoms with van der Waals surface area (Å²) < 4.78 is 15.1. The normalized spacial score (nSPS) is 10.5. The number of fused-ring (bicyclic) bond motifs is 1. The monoisotopic (exact) mass is 252 g/mol. The zero-order chi connectivity index (χ0) is 13.4. The predicted molar refractivity (Wildman–Crippen MR) is 69.7 cm³/mol. The molecule has 0 saturated carbocycles. The van der Waals surface area contributed by atoms with Gasteiger partial charge in [0.25, 0.3) is 0 Å². The van der Waals surface area contributed by atoms with Crippen molar-refractivity contribution >= 4 is 11.5 Å². The highest BCUT2D eigenvalue weighted by Gasteiger charge is 2.12. The Morgan fingerprint density at radius 2 is 2.11 bits per heavy atom. The lowest BCUT2D eigenvalue weighted by molar-refractivity contribution is 0.624. The van der Waals surface area contributed by atoms with E-state index in [9.17, 15) is 4.39 Å². The number of hydrogen-bond acceptors (Lipinski definition) is 3. The first-order valence-corrected chi connectivity index (χ1v) is 5.63. The number of pyridine rings is 1. The van der Waals surface area contributed by atoms with Crippen LogP contribution in [0.4, 0.5) is 10.2 Å². The second kappa shape index (κ2) is 4.10. The fourth-order valence-electron chi connectivity index (χ4n) is 1.99. The average molecular weight is 252 g/mol. The largest absolute Gasteiger partial charge is 0.383 e. The summed E-state index contributed by atoms with van der Waals surface area (Å²) in [6, 6.07) is 11.6. The van der Waals surface area contributed by atoms with Gasteiger partial charge in [0, 0.05) is 11.8 Å². The highest BCUT2D eigenvalue weighted by Crippen LogP contribution is 2.27. The van der Waals surface area contributed by atoms with Crippen molar-refractivity contribution in [1.29, 1.82) is 5.26 Å². The van der Waals surface area contributed by atoms with Gasteiger partial charge >= 0.3 is 0 Å². The van der Waals surface area contributed by atoms with E-state index in [1.54, 1.807) is 16.7 Å². The zero-order valence-electron chi connectivity index (χ0n) is 9.84. The second-order valence-corrected chi connectivity index (χ2v) is 4.08. The Kier molecular flexibility index (Phi) is 2.43. The van der Waals surface area contributed by atoms with Gasteiger partial charge in [0.2, 0.25) is 0 Å². The maximum atomic E-state index is 13.3. The fraction of sp³-hybridized carbons (Fsp3) is 0. The van der Waals surface area contributed by atoms with Crippen LogP contribution in [0, 0.1) is 17.1 Å². The van der Waals surface area contributed by atoms with Crippen LogP contribution in [0.3, 0.4) is 0 Å². The molecule has 0 fully saturated rings. The molecular formula is C14H9FN4. The summed E-state index contributed by atoms with van der Waals surface area (Å²) in [6.45, 7) is 0. The molecule has 0 amide bonds. The Bertz CT molecular complexity index is 814. The van der Waals surface area contributed by atoms with Crippen LogP contribution < -0.4 is 5.73 Å². The molecule has 0 atom stereocenters. The van der Waals surface area contributed by atoms with Gasteiger partial charge in [-0.2, -0.15) is 5.26 Å². The number of imidazole rings is 1. The summed E-state index contributed by atoms with van der Waals surface area (Å²) in [5, 5.41) is 8.85. The van der Waals surface area contributed by atoms with E-state index in [1.165, 1.54) is 12.1 Å². The highest BCUT2D eigenvalue weighted by atomic mass is 19.1. The number of aromatic nitrogens is 2. The highest BCUT2D eigenvalue weighted by molar-refractivity contribution is 5.75. The summed E-state index contributed by atoms with van der Waals surface area (Å²) in [4.78, 5) is 4.39. The van der Waals surface area contributed by atoms with E-state index in [-0.39, 0.29) is 5.56 Å². The molecule has 0 radical (unpaired) electrons. The van der Waals surface area contributed by atoms with E-state index in [2.05, 4.69) is 4.98 Å². The maximum Gasteiger partial charge on any atom is 0.140 e. The summed E-state index contributed by atoms with van der Waals surface area (Å²) in [5.41, 5.74) is 7.88. The van der Waals surface area contributed by atoms with Crippen molar-refractivity contribution in [3.63, 3.8) is 0 Å². The van der Waals surface area contributed by atoms with Crippen LogP contribution in [0.15, 0.2) is 42.6 Å². The van der Waals surface area contributed by atoms with Gasteiger partial charge in [-0.15, -0.1) is 0 Å². The number of nitrogens with zero attached hydrogens (tertiary/aromatic N) is 3. The van der Waals surface area contributed by atoms with Crippen molar-refractivity contribution in [2.75, 3.05) is 5.73 Å². The van der Waals surface area contributed by atoms with E-state index < -0.39 is 5.82 Å². The molecule has 0 aliphatic carbocycles. The minimum atomic E-state index is -0.548. The van der Waals surface area contributed by atoms with Crippen LogP contribution in [-0.2, 0) is 0 Å².